The second kappa shape index (κ2) is 7.50. The van der Waals surface area contributed by atoms with Gasteiger partial charge in [0.15, 0.2) is 0 Å². The summed E-state index contributed by atoms with van der Waals surface area (Å²) in [5.41, 5.74) is 0. The van der Waals surface area contributed by atoms with Gasteiger partial charge in [0, 0.05) is 36.6 Å². The highest BCUT2D eigenvalue weighted by atomic mass is 32.2. The lowest BCUT2D eigenvalue weighted by Crippen LogP contribution is -2.47. The Morgan fingerprint density at radius 3 is 2.38 bits per heavy atom. The van der Waals surface area contributed by atoms with Crippen molar-refractivity contribution in [2.75, 3.05) is 24.2 Å². The zero-order valence-corrected chi connectivity index (χ0v) is 13.8. The van der Waals surface area contributed by atoms with Gasteiger partial charge in [-0.25, -0.2) is 4.98 Å². The predicted molar refractivity (Wildman–Crippen MR) is 92.2 cm³/mol. The molecule has 1 N–H and O–H groups in total. The molecule has 0 unspecified atom stereocenters. The maximum atomic E-state index is 4.46. The van der Waals surface area contributed by atoms with Gasteiger partial charge >= 0.3 is 0 Å². The van der Waals surface area contributed by atoms with Crippen LogP contribution < -0.4 is 10.2 Å². The van der Waals surface area contributed by atoms with E-state index in [1.54, 1.807) is 0 Å². The van der Waals surface area contributed by atoms with Crippen LogP contribution in [0.4, 0.5) is 5.82 Å². The minimum atomic E-state index is 0.709. The van der Waals surface area contributed by atoms with Gasteiger partial charge in [0.05, 0.1) is 0 Å². The summed E-state index contributed by atoms with van der Waals surface area (Å²) in [4.78, 5) is 6.88. The van der Waals surface area contributed by atoms with Gasteiger partial charge < -0.3 is 10.2 Å². The SMILES string of the molecule is CSC1CCC(NC2CCN(c3ccccn3)CC2)CC1. The second-order valence-electron chi connectivity index (χ2n) is 6.33. The molecule has 0 bridgehead atoms. The van der Waals surface area contributed by atoms with Crippen LogP contribution in [0.3, 0.4) is 0 Å². The molecule has 2 fully saturated rings. The molecule has 1 aromatic heterocycles. The van der Waals surface area contributed by atoms with Gasteiger partial charge in [-0.1, -0.05) is 6.07 Å². The minimum Gasteiger partial charge on any atom is -0.357 e. The molecule has 2 aliphatic rings. The van der Waals surface area contributed by atoms with Crippen LogP contribution in [-0.2, 0) is 0 Å². The van der Waals surface area contributed by atoms with Crippen molar-refractivity contribution in [3.8, 4) is 0 Å². The molecule has 3 nitrogen and oxygen atoms in total. The zero-order valence-electron chi connectivity index (χ0n) is 13.0. The van der Waals surface area contributed by atoms with Crippen LogP contribution in [0.2, 0.25) is 0 Å². The van der Waals surface area contributed by atoms with E-state index in [0.29, 0.717) is 6.04 Å². The lowest BCUT2D eigenvalue weighted by atomic mass is 9.93. The van der Waals surface area contributed by atoms with Gasteiger partial charge in [-0.3, -0.25) is 0 Å². The van der Waals surface area contributed by atoms with Crippen molar-refractivity contribution >= 4 is 17.6 Å². The molecule has 1 aromatic rings. The Labute approximate surface area is 132 Å². The Morgan fingerprint density at radius 2 is 1.76 bits per heavy atom. The first kappa shape index (κ1) is 15.2. The standard InChI is InChI=1S/C17H27N3S/c1-21-16-7-5-14(6-8-16)19-15-9-12-20(13-10-15)17-4-2-3-11-18-17/h2-4,11,14-16,19H,5-10,12-13H2,1H3. The van der Waals surface area contributed by atoms with E-state index in [1.807, 2.05) is 12.3 Å². The maximum Gasteiger partial charge on any atom is 0.128 e. The number of nitrogens with zero attached hydrogens (tertiary/aromatic N) is 2. The van der Waals surface area contributed by atoms with Crippen molar-refractivity contribution in [2.45, 2.75) is 55.9 Å². The summed E-state index contributed by atoms with van der Waals surface area (Å²) in [6, 6.07) is 7.66. The lowest BCUT2D eigenvalue weighted by Gasteiger charge is -2.37. The predicted octanol–water partition coefficient (Wildman–Crippen LogP) is 3.31. The van der Waals surface area contributed by atoms with Gasteiger partial charge in [0.25, 0.3) is 0 Å². The van der Waals surface area contributed by atoms with Crippen molar-refractivity contribution in [3.63, 3.8) is 0 Å². The van der Waals surface area contributed by atoms with Crippen molar-refractivity contribution in [2.24, 2.45) is 0 Å². The van der Waals surface area contributed by atoms with Gasteiger partial charge in [0.2, 0.25) is 0 Å². The number of pyridine rings is 1. The highest BCUT2D eigenvalue weighted by Crippen LogP contribution is 2.28. The van der Waals surface area contributed by atoms with Gasteiger partial charge in [-0.15, -0.1) is 0 Å². The van der Waals surface area contributed by atoms with Crippen molar-refractivity contribution < 1.29 is 0 Å². The third kappa shape index (κ3) is 4.13. The fourth-order valence-electron chi connectivity index (χ4n) is 3.61. The van der Waals surface area contributed by atoms with Gasteiger partial charge in [-0.05, 0) is 56.9 Å². The molecular formula is C17H27N3S. The Kier molecular flexibility index (Phi) is 5.42. The number of hydrogen-bond acceptors (Lipinski definition) is 4. The Bertz CT molecular complexity index is 409. The first-order valence-electron chi connectivity index (χ1n) is 8.30. The highest BCUT2D eigenvalue weighted by Gasteiger charge is 2.25. The number of thioether (sulfide) groups is 1. The minimum absolute atomic E-state index is 0.709. The molecule has 2 heterocycles. The number of aromatic nitrogens is 1. The molecule has 1 aliphatic heterocycles. The summed E-state index contributed by atoms with van der Waals surface area (Å²) in [7, 11) is 0. The summed E-state index contributed by atoms with van der Waals surface area (Å²) >= 11 is 2.05. The monoisotopic (exact) mass is 305 g/mol. The molecule has 116 valence electrons. The Balaban J connectivity index is 1.42. The molecule has 1 aliphatic carbocycles. The van der Waals surface area contributed by atoms with E-state index in [-0.39, 0.29) is 0 Å². The van der Waals surface area contributed by atoms with Crippen molar-refractivity contribution in [1.82, 2.24) is 10.3 Å². The summed E-state index contributed by atoms with van der Waals surface area (Å²) in [6.07, 6.45) is 12.2. The molecule has 0 amide bonds. The van der Waals surface area contributed by atoms with E-state index in [0.717, 1.165) is 30.2 Å². The van der Waals surface area contributed by atoms with Crippen molar-refractivity contribution in [1.29, 1.82) is 0 Å². The topological polar surface area (TPSA) is 28.2 Å². The van der Waals surface area contributed by atoms with E-state index >= 15 is 0 Å². The largest absolute Gasteiger partial charge is 0.357 e. The quantitative estimate of drug-likeness (QED) is 0.924. The van der Waals surface area contributed by atoms with E-state index in [9.17, 15) is 0 Å². The fraction of sp³-hybridized carbons (Fsp3) is 0.706. The molecule has 0 spiro atoms. The Hall–Kier alpha value is -0.740. The molecule has 0 atom stereocenters. The fourth-order valence-corrected chi connectivity index (χ4v) is 4.36. The molecule has 3 rings (SSSR count). The van der Waals surface area contributed by atoms with E-state index in [1.165, 1.54) is 38.5 Å². The summed E-state index contributed by atoms with van der Waals surface area (Å²) in [5.74, 6) is 1.14. The van der Waals surface area contributed by atoms with Crippen LogP contribution in [0.15, 0.2) is 24.4 Å². The first-order valence-corrected chi connectivity index (χ1v) is 9.59. The maximum absolute atomic E-state index is 4.46. The average Bonchev–Trinajstić information content (AvgIpc) is 2.57. The molecular weight excluding hydrogens is 278 g/mol. The normalized spacial score (nSPS) is 27.8. The molecule has 1 saturated carbocycles. The molecule has 4 heteroatoms. The smallest absolute Gasteiger partial charge is 0.128 e. The molecule has 0 radical (unpaired) electrons. The summed E-state index contributed by atoms with van der Waals surface area (Å²) < 4.78 is 0. The lowest BCUT2D eigenvalue weighted by molar-refractivity contribution is 0.310. The number of anilines is 1. The van der Waals surface area contributed by atoms with Gasteiger partial charge in [0.1, 0.15) is 5.82 Å². The first-order chi connectivity index (χ1) is 10.3. The second-order valence-corrected chi connectivity index (χ2v) is 7.46. The van der Waals surface area contributed by atoms with Crippen LogP contribution in [-0.4, -0.2) is 41.7 Å². The third-order valence-corrected chi connectivity index (χ3v) is 6.09. The third-order valence-electron chi connectivity index (χ3n) is 4.95. The van der Waals surface area contributed by atoms with Crippen molar-refractivity contribution in [3.05, 3.63) is 24.4 Å². The van der Waals surface area contributed by atoms with Crippen LogP contribution in [0.25, 0.3) is 0 Å². The van der Waals surface area contributed by atoms with Crippen LogP contribution in [0.5, 0.6) is 0 Å². The number of piperidine rings is 1. The van der Waals surface area contributed by atoms with Crippen LogP contribution in [0, 0.1) is 0 Å². The Morgan fingerprint density at radius 1 is 1.05 bits per heavy atom. The van der Waals surface area contributed by atoms with E-state index in [4.69, 9.17) is 0 Å². The zero-order chi connectivity index (χ0) is 14.5. The molecule has 1 saturated heterocycles. The summed E-state index contributed by atoms with van der Waals surface area (Å²) in [6.45, 7) is 2.27. The van der Waals surface area contributed by atoms with Gasteiger partial charge in [-0.2, -0.15) is 11.8 Å². The number of rotatable bonds is 4. The number of hydrogen-bond donors (Lipinski definition) is 1. The number of nitrogens with one attached hydrogen (secondary N) is 1. The average molecular weight is 305 g/mol. The summed E-state index contributed by atoms with van der Waals surface area (Å²) in [5, 5.41) is 4.83. The van der Waals surface area contributed by atoms with E-state index in [2.05, 4.69) is 45.4 Å². The molecule has 21 heavy (non-hydrogen) atoms. The molecule has 0 aromatic carbocycles. The van der Waals surface area contributed by atoms with Crippen LogP contribution in [0.1, 0.15) is 38.5 Å². The highest BCUT2D eigenvalue weighted by molar-refractivity contribution is 7.99. The van der Waals surface area contributed by atoms with E-state index < -0.39 is 0 Å². The van der Waals surface area contributed by atoms with Crippen LogP contribution >= 0.6 is 11.8 Å².